The summed E-state index contributed by atoms with van der Waals surface area (Å²) in [5.41, 5.74) is 1.89. The minimum Gasteiger partial charge on any atom is -0.493 e. The Kier molecular flexibility index (Phi) is 8.68. The van der Waals surface area contributed by atoms with Crippen molar-refractivity contribution >= 4 is 28.5 Å². The van der Waals surface area contributed by atoms with E-state index in [1.165, 1.54) is 0 Å². The lowest BCUT2D eigenvalue weighted by molar-refractivity contribution is 0.0593. The van der Waals surface area contributed by atoms with Crippen molar-refractivity contribution < 1.29 is 23.4 Å². The molecule has 1 unspecified atom stereocenters. The fourth-order valence-electron chi connectivity index (χ4n) is 4.65. The summed E-state index contributed by atoms with van der Waals surface area (Å²) in [6, 6.07) is 8.22. The van der Waals surface area contributed by atoms with Gasteiger partial charge in [0, 0.05) is 18.2 Å². The molecule has 8 heteroatoms. The van der Waals surface area contributed by atoms with E-state index in [1.54, 1.807) is 24.1 Å². The number of methoxy groups -OCH3 is 1. The summed E-state index contributed by atoms with van der Waals surface area (Å²) in [7, 11) is 1.58. The van der Waals surface area contributed by atoms with Crippen LogP contribution in [0.2, 0.25) is 5.02 Å². The van der Waals surface area contributed by atoms with Gasteiger partial charge in [-0.05, 0) is 74.9 Å². The number of carbonyl (C=O) groups is 1. The van der Waals surface area contributed by atoms with Crippen molar-refractivity contribution in [2.24, 2.45) is 5.92 Å². The number of benzene rings is 2. The lowest BCUT2D eigenvalue weighted by Gasteiger charge is -2.26. The number of fused-ring (bicyclic) bond motifs is 2. The number of aryl methyl sites for hydroxylation is 1. The molecular formula is C30H36ClNO6. The van der Waals surface area contributed by atoms with Gasteiger partial charge in [-0.2, -0.15) is 0 Å². The van der Waals surface area contributed by atoms with E-state index >= 15 is 0 Å². The van der Waals surface area contributed by atoms with Gasteiger partial charge in [-0.25, -0.2) is 0 Å². The maximum atomic E-state index is 13.8. The molecule has 0 fully saturated rings. The van der Waals surface area contributed by atoms with Gasteiger partial charge in [0.2, 0.25) is 5.76 Å². The Bertz CT molecular complexity index is 1380. The van der Waals surface area contributed by atoms with Crippen LogP contribution in [-0.2, 0) is 4.74 Å². The molecule has 1 aliphatic heterocycles. The second-order valence-corrected chi connectivity index (χ2v) is 10.8. The molecule has 0 spiro atoms. The highest BCUT2D eigenvalue weighted by atomic mass is 35.5. The zero-order valence-electron chi connectivity index (χ0n) is 22.9. The minimum atomic E-state index is -0.643. The molecule has 38 heavy (non-hydrogen) atoms. The Morgan fingerprint density at radius 3 is 2.50 bits per heavy atom. The topological polar surface area (TPSA) is 78.2 Å². The van der Waals surface area contributed by atoms with Crippen LogP contribution in [0.4, 0.5) is 0 Å². The second-order valence-electron chi connectivity index (χ2n) is 10.4. The molecule has 3 aromatic rings. The van der Waals surface area contributed by atoms with Gasteiger partial charge in [0.05, 0.1) is 36.8 Å². The SMILES string of the molecule is COc1cc(C2c3c(oc4cc(C)c(Cl)cc4c3=O)C(=O)N2CCCOC(C)C)ccc1OCCC(C)C. The van der Waals surface area contributed by atoms with E-state index in [9.17, 15) is 9.59 Å². The summed E-state index contributed by atoms with van der Waals surface area (Å²) >= 11 is 6.35. The first kappa shape index (κ1) is 28.0. The molecule has 0 saturated carbocycles. The second kappa shape index (κ2) is 11.8. The first-order valence-corrected chi connectivity index (χ1v) is 13.5. The molecule has 7 nitrogen and oxygen atoms in total. The predicted octanol–water partition coefficient (Wildman–Crippen LogP) is 6.55. The van der Waals surface area contributed by atoms with E-state index in [-0.39, 0.29) is 23.2 Å². The van der Waals surface area contributed by atoms with E-state index in [0.29, 0.717) is 65.2 Å². The van der Waals surface area contributed by atoms with E-state index in [0.717, 1.165) is 17.5 Å². The van der Waals surface area contributed by atoms with Crippen LogP contribution in [0, 0.1) is 12.8 Å². The Morgan fingerprint density at radius 2 is 1.82 bits per heavy atom. The molecule has 0 radical (unpaired) electrons. The lowest BCUT2D eigenvalue weighted by atomic mass is 9.97. The van der Waals surface area contributed by atoms with Gasteiger partial charge >= 0.3 is 0 Å². The molecule has 0 bridgehead atoms. The van der Waals surface area contributed by atoms with Gasteiger partial charge in [-0.15, -0.1) is 0 Å². The number of hydrogen-bond acceptors (Lipinski definition) is 6. The number of carbonyl (C=O) groups excluding carboxylic acids is 1. The molecule has 204 valence electrons. The highest BCUT2D eigenvalue weighted by Gasteiger charge is 2.42. The third-order valence-electron chi connectivity index (χ3n) is 6.70. The van der Waals surface area contributed by atoms with Crippen LogP contribution >= 0.6 is 11.6 Å². The number of rotatable bonds is 11. The molecule has 1 atom stereocenters. The van der Waals surface area contributed by atoms with E-state index in [1.807, 2.05) is 39.0 Å². The zero-order chi connectivity index (χ0) is 27.6. The van der Waals surface area contributed by atoms with Crippen molar-refractivity contribution in [1.29, 1.82) is 0 Å². The smallest absolute Gasteiger partial charge is 0.290 e. The summed E-state index contributed by atoms with van der Waals surface area (Å²) in [6.07, 6.45) is 1.62. The van der Waals surface area contributed by atoms with Gasteiger partial charge in [-0.1, -0.05) is 31.5 Å². The number of halogens is 1. The predicted molar refractivity (Wildman–Crippen MR) is 149 cm³/mol. The van der Waals surface area contributed by atoms with Crippen LogP contribution < -0.4 is 14.9 Å². The first-order chi connectivity index (χ1) is 18.1. The largest absolute Gasteiger partial charge is 0.493 e. The average molecular weight is 542 g/mol. The van der Waals surface area contributed by atoms with Crippen molar-refractivity contribution in [1.82, 2.24) is 4.90 Å². The van der Waals surface area contributed by atoms with Gasteiger partial charge in [0.1, 0.15) is 5.58 Å². The highest BCUT2D eigenvalue weighted by molar-refractivity contribution is 6.32. The van der Waals surface area contributed by atoms with Crippen LogP contribution in [0.1, 0.15) is 73.8 Å². The molecule has 4 rings (SSSR count). The fraction of sp³-hybridized carbons (Fsp3) is 0.467. The Hall–Kier alpha value is -3.03. The van der Waals surface area contributed by atoms with Crippen LogP contribution in [0.5, 0.6) is 11.5 Å². The zero-order valence-corrected chi connectivity index (χ0v) is 23.7. The Morgan fingerprint density at radius 1 is 1.05 bits per heavy atom. The highest BCUT2D eigenvalue weighted by Crippen LogP contribution is 2.41. The third kappa shape index (κ3) is 5.69. The van der Waals surface area contributed by atoms with Crippen molar-refractivity contribution in [2.75, 3.05) is 26.9 Å². The average Bonchev–Trinajstić information content (AvgIpc) is 3.14. The van der Waals surface area contributed by atoms with Crippen LogP contribution in [0.15, 0.2) is 39.5 Å². The fourth-order valence-corrected chi connectivity index (χ4v) is 4.81. The summed E-state index contributed by atoms with van der Waals surface area (Å²) in [5, 5.41) is 0.820. The van der Waals surface area contributed by atoms with Gasteiger partial charge < -0.3 is 23.5 Å². The third-order valence-corrected chi connectivity index (χ3v) is 7.10. The minimum absolute atomic E-state index is 0.0650. The number of hydrogen-bond donors (Lipinski definition) is 0. The molecule has 2 aromatic carbocycles. The maximum absolute atomic E-state index is 13.8. The summed E-state index contributed by atoms with van der Waals surface area (Å²) in [4.78, 5) is 29.2. The van der Waals surface area contributed by atoms with E-state index < -0.39 is 6.04 Å². The Balaban J connectivity index is 1.79. The summed E-state index contributed by atoms with van der Waals surface area (Å²) < 4.78 is 23.4. The van der Waals surface area contributed by atoms with Crippen molar-refractivity contribution in [3.8, 4) is 11.5 Å². The van der Waals surface area contributed by atoms with Crippen molar-refractivity contribution in [3.05, 3.63) is 68.0 Å². The first-order valence-electron chi connectivity index (χ1n) is 13.1. The molecular weight excluding hydrogens is 506 g/mol. The molecule has 1 amide bonds. The van der Waals surface area contributed by atoms with E-state index in [4.69, 9.17) is 30.2 Å². The quantitative estimate of drug-likeness (QED) is 0.256. The van der Waals surface area contributed by atoms with Crippen LogP contribution in [0.25, 0.3) is 11.0 Å². The maximum Gasteiger partial charge on any atom is 0.290 e. The van der Waals surface area contributed by atoms with Gasteiger partial charge in [0.25, 0.3) is 5.91 Å². The molecule has 2 heterocycles. The van der Waals surface area contributed by atoms with Crippen molar-refractivity contribution in [2.45, 2.75) is 59.6 Å². The Labute approximate surface area is 228 Å². The molecule has 0 aliphatic carbocycles. The molecule has 1 aromatic heterocycles. The van der Waals surface area contributed by atoms with Gasteiger partial charge in [0.15, 0.2) is 16.9 Å². The summed E-state index contributed by atoms with van der Waals surface area (Å²) in [6.45, 7) is 11.5. The van der Waals surface area contributed by atoms with Crippen molar-refractivity contribution in [3.63, 3.8) is 0 Å². The van der Waals surface area contributed by atoms with E-state index in [2.05, 4.69) is 13.8 Å². The number of nitrogens with zero attached hydrogens (tertiary/aromatic N) is 1. The van der Waals surface area contributed by atoms with Gasteiger partial charge in [-0.3, -0.25) is 9.59 Å². The number of ether oxygens (including phenoxy) is 3. The number of amides is 1. The molecule has 0 saturated heterocycles. The van der Waals surface area contributed by atoms with Crippen LogP contribution in [-0.4, -0.2) is 43.8 Å². The lowest BCUT2D eigenvalue weighted by Crippen LogP contribution is -2.31. The summed E-state index contributed by atoms with van der Waals surface area (Å²) in [5.74, 6) is 1.42. The monoisotopic (exact) mass is 541 g/mol. The normalized spacial score (nSPS) is 15.1. The molecule has 0 N–H and O–H groups in total. The molecule has 1 aliphatic rings. The standard InChI is InChI=1S/C30H36ClNO6/c1-17(2)10-13-37-23-9-8-20(15-25(23)35-6)27-26-28(33)21-16-22(31)19(5)14-24(21)38-29(26)30(34)32(27)11-7-12-36-18(3)4/h8-9,14-18,27H,7,10-13H2,1-6H3. The van der Waals surface area contributed by atoms with Crippen LogP contribution in [0.3, 0.4) is 0 Å².